The van der Waals surface area contributed by atoms with Crippen LogP contribution in [0.25, 0.3) is 32.5 Å². The molecule has 3 nitrogen and oxygen atoms in total. The summed E-state index contributed by atoms with van der Waals surface area (Å²) < 4.78 is 0. The number of pyridine rings is 1. The Hall–Kier alpha value is -2.85. The van der Waals surface area contributed by atoms with Gasteiger partial charge in [-0.3, -0.25) is 4.79 Å². The number of benzene rings is 2. The van der Waals surface area contributed by atoms with E-state index in [0.29, 0.717) is 21.3 Å². The Balaban J connectivity index is 1.84. The summed E-state index contributed by atoms with van der Waals surface area (Å²) in [6.45, 7) is 2.19. The van der Waals surface area contributed by atoms with Crippen LogP contribution >= 0.6 is 11.3 Å². The molecule has 27 heavy (non-hydrogen) atoms. The van der Waals surface area contributed by atoms with Gasteiger partial charge in [0.2, 0.25) is 0 Å². The zero-order chi connectivity index (χ0) is 18.8. The molecule has 4 heteroatoms. The number of aromatic hydroxyl groups is 1. The normalized spacial score (nSPS) is 11.1. The van der Waals surface area contributed by atoms with E-state index in [-0.39, 0.29) is 11.3 Å². The molecule has 0 spiro atoms. The molecule has 4 rings (SSSR count). The highest BCUT2D eigenvalue weighted by molar-refractivity contribution is 7.17. The molecular formula is C23H21NO2S. The minimum absolute atomic E-state index is 0.0475. The number of rotatable bonds is 5. The maximum absolute atomic E-state index is 12.5. The van der Waals surface area contributed by atoms with Crippen LogP contribution in [0.5, 0.6) is 5.75 Å². The monoisotopic (exact) mass is 375 g/mol. The Bertz CT molecular complexity index is 1120. The van der Waals surface area contributed by atoms with Gasteiger partial charge in [-0.25, -0.2) is 0 Å². The highest BCUT2D eigenvalue weighted by Gasteiger charge is 2.18. The molecule has 2 N–H and O–H groups in total. The highest BCUT2D eigenvalue weighted by Crippen LogP contribution is 2.41. The van der Waals surface area contributed by atoms with E-state index in [1.54, 1.807) is 0 Å². The summed E-state index contributed by atoms with van der Waals surface area (Å²) >= 11 is 1.44. The van der Waals surface area contributed by atoms with E-state index in [1.807, 2.05) is 35.7 Å². The summed E-state index contributed by atoms with van der Waals surface area (Å²) in [5.41, 5.74) is 4.08. The summed E-state index contributed by atoms with van der Waals surface area (Å²) in [7, 11) is 0. The fourth-order valence-corrected chi connectivity index (χ4v) is 4.37. The van der Waals surface area contributed by atoms with Crippen molar-refractivity contribution in [3.63, 3.8) is 0 Å². The molecule has 0 fully saturated rings. The van der Waals surface area contributed by atoms with Crippen LogP contribution in [0.2, 0.25) is 0 Å². The van der Waals surface area contributed by atoms with Crippen molar-refractivity contribution < 1.29 is 5.11 Å². The summed E-state index contributed by atoms with van der Waals surface area (Å²) in [6.07, 6.45) is 3.45. The molecule has 0 saturated heterocycles. The van der Waals surface area contributed by atoms with Crippen molar-refractivity contribution in [3.05, 3.63) is 75.9 Å². The summed E-state index contributed by atoms with van der Waals surface area (Å²) in [4.78, 5) is 16.2. The van der Waals surface area contributed by atoms with E-state index in [9.17, 15) is 9.90 Å². The van der Waals surface area contributed by atoms with Crippen molar-refractivity contribution in [1.82, 2.24) is 4.98 Å². The van der Waals surface area contributed by atoms with Crippen molar-refractivity contribution >= 4 is 21.6 Å². The van der Waals surface area contributed by atoms with Gasteiger partial charge in [0.05, 0.1) is 10.9 Å². The first-order chi connectivity index (χ1) is 13.2. The Morgan fingerprint density at radius 3 is 2.44 bits per heavy atom. The molecule has 2 aromatic heterocycles. The standard InChI is InChI=1S/C23H21NO2S/c1-2-3-7-15-10-12-16(13-11-15)18-14-27-23-20(18)21(25)19(22(26)24-23)17-8-5-4-6-9-17/h4-6,8-14H,2-3,7H2,1H3,(H2,24,25,26). The van der Waals surface area contributed by atoms with Crippen LogP contribution in [-0.2, 0) is 6.42 Å². The van der Waals surface area contributed by atoms with Crippen molar-refractivity contribution in [3.8, 4) is 28.0 Å². The van der Waals surface area contributed by atoms with E-state index < -0.39 is 0 Å². The Morgan fingerprint density at radius 1 is 1.00 bits per heavy atom. The van der Waals surface area contributed by atoms with E-state index in [2.05, 4.69) is 36.2 Å². The van der Waals surface area contributed by atoms with Gasteiger partial charge < -0.3 is 10.1 Å². The number of hydrogen-bond acceptors (Lipinski definition) is 3. The molecule has 0 saturated carbocycles. The van der Waals surface area contributed by atoms with Crippen LogP contribution in [0.4, 0.5) is 0 Å². The van der Waals surface area contributed by atoms with E-state index in [0.717, 1.165) is 17.5 Å². The number of H-pyrrole nitrogens is 1. The van der Waals surface area contributed by atoms with E-state index in [1.165, 1.54) is 29.7 Å². The fourth-order valence-electron chi connectivity index (χ4n) is 3.40. The van der Waals surface area contributed by atoms with Gasteiger partial charge in [-0.15, -0.1) is 11.3 Å². The largest absolute Gasteiger partial charge is 0.506 e. The molecular weight excluding hydrogens is 354 g/mol. The number of aryl methyl sites for hydroxylation is 1. The van der Waals surface area contributed by atoms with Crippen molar-refractivity contribution in [1.29, 1.82) is 0 Å². The molecule has 0 unspecified atom stereocenters. The number of aromatic nitrogens is 1. The minimum atomic E-state index is -0.269. The molecule has 0 amide bonds. The molecule has 0 bridgehead atoms. The summed E-state index contributed by atoms with van der Waals surface area (Å²) in [5.74, 6) is 0.0475. The molecule has 0 aliphatic rings. The first-order valence-electron chi connectivity index (χ1n) is 9.20. The highest BCUT2D eigenvalue weighted by atomic mass is 32.1. The predicted molar refractivity (Wildman–Crippen MR) is 114 cm³/mol. The maximum Gasteiger partial charge on any atom is 0.260 e. The van der Waals surface area contributed by atoms with Gasteiger partial charge in [0.15, 0.2) is 0 Å². The number of unbranched alkanes of at least 4 members (excludes halogenated alkanes) is 1. The summed E-state index contributed by atoms with van der Waals surface area (Å²) in [5, 5.41) is 13.7. The molecule has 0 aliphatic carbocycles. The zero-order valence-electron chi connectivity index (χ0n) is 15.2. The molecule has 2 aromatic carbocycles. The van der Waals surface area contributed by atoms with Crippen molar-refractivity contribution in [2.45, 2.75) is 26.2 Å². The minimum Gasteiger partial charge on any atom is -0.506 e. The smallest absolute Gasteiger partial charge is 0.260 e. The lowest BCUT2D eigenvalue weighted by molar-refractivity contribution is 0.483. The quantitative estimate of drug-likeness (QED) is 0.451. The van der Waals surface area contributed by atoms with Gasteiger partial charge in [-0.1, -0.05) is 67.9 Å². The maximum atomic E-state index is 12.5. The van der Waals surface area contributed by atoms with Gasteiger partial charge in [-0.05, 0) is 29.5 Å². The predicted octanol–water partition coefficient (Wildman–Crippen LogP) is 5.97. The third kappa shape index (κ3) is 3.28. The number of fused-ring (bicyclic) bond motifs is 1. The third-order valence-electron chi connectivity index (χ3n) is 4.87. The average molecular weight is 375 g/mol. The first-order valence-corrected chi connectivity index (χ1v) is 10.1. The van der Waals surface area contributed by atoms with Crippen molar-refractivity contribution in [2.24, 2.45) is 0 Å². The fraction of sp³-hybridized carbons (Fsp3) is 0.174. The second kappa shape index (κ2) is 7.41. The summed E-state index contributed by atoms with van der Waals surface area (Å²) in [6, 6.07) is 17.8. The van der Waals surface area contributed by atoms with Crippen LogP contribution in [0.3, 0.4) is 0 Å². The zero-order valence-corrected chi connectivity index (χ0v) is 16.0. The third-order valence-corrected chi connectivity index (χ3v) is 5.76. The van der Waals surface area contributed by atoms with Crippen LogP contribution < -0.4 is 5.56 Å². The van der Waals surface area contributed by atoms with Crippen LogP contribution in [0.15, 0.2) is 64.8 Å². The molecule has 0 radical (unpaired) electrons. The second-order valence-electron chi connectivity index (χ2n) is 6.70. The van der Waals surface area contributed by atoms with Gasteiger partial charge >= 0.3 is 0 Å². The van der Waals surface area contributed by atoms with Gasteiger partial charge in [0, 0.05) is 10.9 Å². The lowest BCUT2D eigenvalue weighted by atomic mass is 9.99. The van der Waals surface area contributed by atoms with E-state index >= 15 is 0 Å². The van der Waals surface area contributed by atoms with Crippen LogP contribution in [0, 0.1) is 0 Å². The number of aromatic amines is 1. The van der Waals surface area contributed by atoms with Gasteiger partial charge in [0.1, 0.15) is 10.6 Å². The number of thiophene rings is 1. The average Bonchev–Trinajstić information content (AvgIpc) is 3.11. The Kier molecular flexibility index (Phi) is 4.82. The van der Waals surface area contributed by atoms with Crippen molar-refractivity contribution in [2.75, 3.05) is 0 Å². The molecule has 136 valence electrons. The SMILES string of the molecule is CCCCc1ccc(-c2csc3[nH]c(=O)c(-c4ccccc4)c(O)c23)cc1. The molecule has 0 aliphatic heterocycles. The van der Waals surface area contributed by atoms with E-state index in [4.69, 9.17) is 0 Å². The number of nitrogens with one attached hydrogen (secondary N) is 1. The number of hydrogen-bond donors (Lipinski definition) is 2. The molecule has 0 atom stereocenters. The van der Waals surface area contributed by atoms with Gasteiger partial charge in [0.25, 0.3) is 5.56 Å². The van der Waals surface area contributed by atoms with Crippen LogP contribution in [0.1, 0.15) is 25.3 Å². The lowest BCUT2D eigenvalue weighted by Gasteiger charge is -2.08. The van der Waals surface area contributed by atoms with Crippen LogP contribution in [-0.4, -0.2) is 10.1 Å². The lowest BCUT2D eigenvalue weighted by Crippen LogP contribution is -2.08. The molecule has 2 heterocycles. The Morgan fingerprint density at radius 2 is 1.74 bits per heavy atom. The molecule has 4 aromatic rings. The second-order valence-corrected chi connectivity index (χ2v) is 7.58. The first kappa shape index (κ1) is 17.6. The Labute approximate surface area is 162 Å². The van der Waals surface area contributed by atoms with Gasteiger partial charge in [-0.2, -0.15) is 0 Å². The topological polar surface area (TPSA) is 53.1 Å².